The smallest absolute Gasteiger partial charge is 0.276 e. The molecule has 1 aromatic carbocycles. The molecule has 0 heterocycles. The van der Waals surface area contributed by atoms with Gasteiger partial charge in [-0.1, -0.05) is 31.4 Å². The minimum atomic E-state index is -0.360. The molecule has 2 N–H and O–H groups in total. The van der Waals surface area contributed by atoms with Gasteiger partial charge in [-0.25, -0.2) is 0 Å². The van der Waals surface area contributed by atoms with Crippen LogP contribution >= 0.6 is 0 Å². The third kappa shape index (κ3) is 5.10. The van der Waals surface area contributed by atoms with Gasteiger partial charge in [0.15, 0.2) is 6.61 Å². The van der Waals surface area contributed by atoms with Crippen molar-refractivity contribution in [2.75, 3.05) is 6.61 Å². The first-order valence-corrected chi connectivity index (χ1v) is 7.43. The Balaban J connectivity index is 1.68. The predicted octanol–water partition coefficient (Wildman–Crippen LogP) is 2.10. The summed E-state index contributed by atoms with van der Waals surface area (Å²) in [6.07, 6.45) is 5.18. The maximum absolute atomic E-state index is 11.9. The van der Waals surface area contributed by atoms with Crippen molar-refractivity contribution >= 4 is 11.8 Å². The molecule has 0 aliphatic heterocycles. The number of hydrogen-bond donors (Lipinski definition) is 2. The van der Waals surface area contributed by atoms with Gasteiger partial charge in [0.2, 0.25) is 5.91 Å². The first kappa shape index (κ1) is 15.4. The summed E-state index contributed by atoms with van der Waals surface area (Å²) in [5.41, 5.74) is 5.95. The van der Waals surface area contributed by atoms with E-state index in [9.17, 15) is 9.59 Å². The zero-order valence-electron chi connectivity index (χ0n) is 12.4. The third-order valence-corrected chi connectivity index (χ3v) is 3.66. The van der Waals surface area contributed by atoms with Gasteiger partial charge in [0.1, 0.15) is 5.75 Å². The number of benzene rings is 1. The second kappa shape index (κ2) is 7.67. The molecule has 0 spiro atoms. The Morgan fingerprint density at radius 1 is 1.19 bits per heavy atom. The van der Waals surface area contributed by atoms with Gasteiger partial charge in [-0.15, -0.1) is 0 Å². The molecule has 2 rings (SSSR count). The van der Waals surface area contributed by atoms with Crippen LogP contribution in [-0.2, 0) is 9.59 Å². The normalized spacial score (nSPS) is 15.3. The number of aryl methyl sites for hydroxylation is 1. The molecule has 1 fully saturated rings. The molecule has 2 amide bonds. The van der Waals surface area contributed by atoms with E-state index in [2.05, 4.69) is 10.9 Å². The molecule has 0 unspecified atom stereocenters. The average molecular weight is 290 g/mol. The molecule has 0 aromatic heterocycles. The number of rotatable bonds is 4. The van der Waals surface area contributed by atoms with Gasteiger partial charge >= 0.3 is 0 Å². The highest BCUT2D eigenvalue weighted by atomic mass is 16.5. The van der Waals surface area contributed by atoms with Gasteiger partial charge < -0.3 is 4.74 Å². The van der Waals surface area contributed by atoms with Gasteiger partial charge in [-0.3, -0.25) is 20.4 Å². The van der Waals surface area contributed by atoms with Gasteiger partial charge in [0, 0.05) is 5.92 Å². The predicted molar refractivity (Wildman–Crippen MR) is 79.5 cm³/mol. The van der Waals surface area contributed by atoms with E-state index in [0.717, 1.165) is 31.2 Å². The Kier molecular flexibility index (Phi) is 5.60. The zero-order chi connectivity index (χ0) is 15.1. The summed E-state index contributed by atoms with van der Waals surface area (Å²) in [4.78, 5) is 23.5. The molecule has 5 nitrogen and oxygen atoms in total. The molecule has 0 radical (unpaired) electrons. The van der Waals surface area contributed by atoms with Crippen molar-refractivity contribution < 1.29 is 14.3 Å². The lowest BCUT2D eigenvalue weighted by molar-refractivity contribution is -0.132. The van der Waals surface area contributed by atoms with Gasteiger partial charge in [0.25, 0.3) is 5.91 Å². The lowest BCUT2D eigenvalue weighted by atomic mass is 9.89. The van der Waals surface area contributed by atoms with Crippen LogP contribution in [0.15, 0.2) is 24.3 Å². The fraction of sp³-hybridized carbons (Fsp3) is 0.500. The molecule has 1 aliphatic rings. The first-order chi connectivity index (χ1) is 10.1. The van der Waals surface area contributed by atoms with Crippen molar-refractivity contribution in [3.8, 4) is 5.75 Å². The summed E-state index contributed by atoms with van der Waals surface area (Å²) in [6, 6.07) is 7.47. The maximum atomic E-state index is 11.9. The summed E-state index contributed by atoms with van der Waals surface area (Å²) in [5.74, 6) is 0.208. The van der Waals surface area contributed by atoms with Crippen LogP contribution in [0.25, 0.3) is 0 Å². The minimum Gasteiger partial charge on any atom is -0.484 e. The van der Waals surface area contributed by atoms with Crippen LogP contribution in [0, 0.1) is 12.8 Å². The Hall–Kier alpha value is -2.04. The van der Waals surface area contributed by atoms with E-state index in [-0.39, 0.29) is 24.3 Å². The Labute approximate surface area is 125 Å². The average Bonchev–Trinajstić information content (AvgIpc) is 2.51. The zero-order valence-corrected chi connectivity index (χ0v) is 12.4. The second-order valence-corrected chi connectivity index (χ2v) is 5.48. The van der Waals surface area contributed by atoms with E-state index in [4.69, 9.17) is 4.74 Å². The standard InChI is InChI=1S/C16H22N2O3/c1-12-6-5-9-14(10-12)21-11-15(19)17-18-16(20)13-7-3-2-4-8-13/h5-6,9-10,13H,2-4,7-8,11H2,1H3,(H,17,19)(H,18,20). The van der Waals surface area contributed by atoms with E-state index in [1.165, 1.54) is 6.42 Å². The summed E-state index contributed by atoms with van der Waals surface area (Å²) < 4.78 is 5.36. The van der Waals surface area contributed by atoms with E-state index < -0.39 is 0 Å². The molecule has 0 bridgehead atoms. The van der Waals surface area contributed by atoms with Crippen molar-refractivity contribution in [3.05, 3.63) is 29.8 Å². The molecular formula is C16H22N2O3. The summed E-state index contributed by atoms with van der Waals surface area (Å²) in [5, 5.41) is 0. The SMILES string of the molecule is Cc1cccc(OCC(=O)NNC(=O)C2CCCCC2)c1. The van der Waals surface area contributed by atoms with Crippen LogP contribution in [0.2, 0.25) is 0 Å². The first-order valence-electron chi connectivity index (χ1n) is 7.43. The highest BCUT2D eigenvalue weighted by Crippen LogP contribution is 2.23. The van der Waals surface area contributed by atoms with Crippen molar-refractivity contribution in [1.29, 1.82) is 0 Å². The molecule has 1 saturated carbocycles. The Bertz CT molecular complexity index is 496. The third-order valence-electron chi connectivity index (χ3n) is 3.66. The number of hydrogen-bond acceptors (Lipinski definition) is 3. The number of carbonyl (C=O) groups excluding carboxylic acids is 2. The molecule has 1 aliphatic carbocycles. The fourth-order valence-corrected chi connectivity index (χ4v) is 2.49. The molecule has 0 saturated heterocycles. The van der Waals surface area contributed by atoms with Crippen LogP contribution in [0.4, 0.5) is 0 Å². The van der Waals surface area contributed by atoms with Crippen molar-refractivity contribution in [2.45, 2.75) is 39.0 Å². The van der Waals surface area contributed by atoms with Crippen LogP contribution in [0.3, 0.4) is 0 Å². The largest absolute Gasteiger partial charge is 0.484 e. The van der Waals surface area contributed by atoms with E-state index in [1.54, 1.807) is 6.07 Å². The number of nitrogens with one attached hydrogen (secondary N) is 2. The lowest BCUT2D eigenvalue weighted by Crippen LogP contribution is -2.46. The maximum Gasteiger partial charge on any atom is 0.276 e. The van der Waals surface area contributed by atoms with E-state index in [0.29, 0.717) is 5.75 Å². The second-order valence-electron chi connectivity index (χ2n) is 5.48. The molecular weight excluding hydrogens is 268 g/mol. The van der Waals surface area contributed by atoms with Crippen molar-refractivity contribution in [3.63, 3.8) is 0 Å². The van der Waals surface area contributed by atoms with Crippen LogP contribution in [-0.4, -0.2) is 18.4 Å². The van der Waals surface area contributed by atoms with Gasteiger partial charge in [-0.05, 0) is 37.5 Å². The van der Waals surface area contributed by atoms with Crippen LogP contribution in [0.1, 0.15) is 37.7 Å². The minimum absolute atomic E-state index is 0.0248. The van der Waals surface area contributed by atoms with Crippen molar-refractivity contribution in [1.82, 2.24) is 10.9 Å². The fourth-order valence-electron chi connectivity index (χ4n) is 2.49. The molecule has 21 heavy (non-hydrogen) atoms. The summed E-state index contributed by atoms with van der Waals surface area (Å²) in [6.45, 7) is 1.84. The Morgan fingerprint density at radius 3 is 2.67 bits per heavy atom. The van der Waals surface area contributed by atoms with Crippen LogP contribution < -0.4 is 15.6 Å². The van der Waals surface area contributed by atoms with Crippen molar-refractivity contribution in [2.24, 2.45) is 5.92 Å². The van der Waals surface area contributed by atoms with Crippen LogP contribution in [0.5, 0.6) is 5.75 Å². The molecule has 5 heteroatoms. The highest BCUT2D eigenvalue weighted by molar-refractivity contribution is 5.84. The van der Waals surface area contributed by atoms with E-state index >= 15 is 0 Å². The summed E-state index contributed by atoms with van der Waals surface area (Å²) >= 11 is 0. The molecule has 114 valence electrons. The highest BCUT2D eigenvalue weighted by Gasteiger charge is 2.21. The lowest BCUT2D eigenvalue weighted by Gasteiger charge is -2.20. The number of carbonyl (C=O) groups is 2. The monoisotopic (exact) mass is 290 g/mol. The van der Waals surface area contributed by atoms with E-state index in [1.807, 2.05) is 25.1 Å². The number of amides is 2. The Morgan fingerprint density at radius 2 is 1.95 bits per heavy atom. The number of hydrazine groups is 1. The van der Waals surface area contributed by atoms with Gasteiger partial charge in [-0.2, -0.15) is 0 Å². The summed E-state index contributed by atoms with van der Waals surface area (Å²) in [7, 11) is 0. The quantitative estimate of drug-likeness (QED) is 0.835. The topological polar surface area (TPSA) is 67.4 Å². The number of ether oxygens (including phenoxy) is 1. The molecule has 0 atom stereocenters. The van der Waals surface area contributed by atoms with Gasteiger partial charge in [0.05, 0.1) is 0 Å². The molecule has 1 aromatic rings.